The molecule has 16 heavy (non-hydrogen) atoms. The molecule has 0 aliphatic heterocycles. The third-order valence-electron chi connectivity index (χ3n) is 1.56. The van der Waals surface area contributed by atoms with E-state index in [1.165, 1.54) is 25.7 Å². The number of rotatable bonds is 6. The van der Waals surface area contributed by atoms with Crippen molar-refractivity contribution >= 4 is 16.4 Å². The Hall–Kier alpha value is -0.860. The lowest BCUT2D eigenvalue weighted by molar-refractivity contribution is 0.381. The van der Waals surface area contributed by atoms with Gasteiger partial charge in [0.15, 0.2) is 5.96 Å². The highest BCUT2D eigenvalue weighted by Gasteiger charge is 1.87. The van der Waals surface area contributed by atoms with Crippen LogP contribution in [0.2, 0.25) is 0 Å². The molecule has 0 aromatic rings. The van der Waals surface area contributed by atoms with E-state index in [0.29, 0.717) is 0 Å². The lowest BCUT2D eigenvalue weighted by Gasteiger charge is -1.96. The van der Waals surface area contributed by atoms with Crippen molar-refractivity contribution in [1.29, 1.82) is 0 Å². The lowest BCUT2D eigenvalue weighted by Crippen LogP contribution is -2.22. The van der Waals surface area contributed by atoms with Gasteiger partial charge in [0.2, 0.25) is 0 Å². The maximum Gasteiger partial charge on any atom is 0.394 e. The van der Waals surface area contributed by atoms with Crippen molar-refractivity contribution in [3.05, 3.63) is 0 Å². The van der Waals surface area contributed by atoms with Crippen molar-refractivity contribution in [2.45, 2.75) is 39.0 Å². The van der Waals surface area contributed by atoms with Crippen molar-refractivity contribution < 1.29 is 17.5 Å². The normalized spacial score (nSPS) is 10.2. The molecule has 0 amide bonds. The molecule has 0 atom stereocenters. The third-order valence-corrected chi connectivity index (χ3v) is 1.56. The molecule has 6 N–H and O–H groups in total. The Morgan fingerprint density at radius 1 is 1.12 bits per heavy atom. The fraction of sp³-hybridized carbons (Fsp3) is 0.875. The minimum atomic E-state index is -4.67. The molecule has 0 bridgehead atoms. The molecule has 0 fully saturated rings. The molecule has 7 nitrogen and oxygen atoms in total. The quantitative estimate of drug-likeness (QED) is 0.237. The van der Waals surface area contributed by atoms with Crippen molar-refractivity contribution in [1.82, 2.24) is 0 Å². The van der Waals surface area contributed by atoms with E-state index in [1.807, 2.05) is 0 Å². The van der Waals surface area contributed by atoms with E-state index < -0.39 is 10.4 Å². The molecule has 0 aliphatic rings. The smallest absolute Gasteiger partial charge is 0.370 e. The topological polar surface area (TPSA) is 139 Å². The van der Waals surface area contributed by atoms with Gasteiger partial charge in [-0.2, -0.15) is 8.42 Å². The van der Waals surface area contributed by atoms with Crippen molar-refractivity contribution in [2.75, 3.05) is 6.54 Å². The Kier molecular flexibility index (Phi) is 11.7. The van der Waals surface area contributed by atoms with Gasteiger partial charge in [0.1, 0.15) is 0 Å². The van der Waals surface area contributed by atoms with Gasteiger partial charge in [-0.25, -0.2) is 0 Å². The first-order chi connectivity index (χ1) is 7.27. The molecule has 0 aromatic carbocycles. The van der Waals surface area contributed by atoms with Crippen molar-refractivity contribution in [3.8, 4) is 0 Å². The van der Waals surface area contributed by atoms with Crippen LogP contribution >= 0.6 is 0 Å². The van der Waals surface area contributed by atoms with Crippen LogP contribution in [0.25, 0.3) is 0 Å². The zero-order valence-corrected chi connectivity index (χ0v) is 10.3. The number of aliphatic imine (C=N–C) groups is 1. The van der Waals surface area contributed by atoms with E-state index in [1.54, 1.807) is 0 Å². The van der Waals surface area contributed by atoms with E-state index in [2.05, 4.69) is 11.9 Å². The molecule has 8 heteroatoms. The number of unbranched alkanes of at least 4 members (excludes halogenated alkanes) is 4. The maximum atomic E-state index is 8.74. The zero-order chi connectivity index (χ0) is 13.0. The predicted molar refractivity (Wildman–Crippen MR) is 63.6 cm³/mol. The molecule has 0 saturated heterocycles. The van der Waals surface area contributed by atoms with Gasteiger partial charge in [-0.05, 0) is 6.42 Å². The number of hydrogen-bond donors (Lipinski definition) is 4. The molecule has 0 spiro atoms. The summed E-state index contributed by atoms with van der Waals surface area (Å²) < 4.78 is 31.6. The van der Waals surface area contributed by atoms with Crippen LogP contribution in [0, 0.1) is 0 Å². The Bertz CT molecular complexity index is 265. The monoisotopic (exact) mass is 255 g/mol. The van der Waals surface area contributed by atoms with Crippen LogP contribution in [0.3, 0.4) is 0 Å². The van der Waals surface area contributed by atoms with Gasteiger partial charge >= 0.3 is 10.4 Å². The summed E-state index contributed by atoms with van der Waals surface area (Å²) in [5, 5.41) is 0. The summed E-state index contributed by atoms with van der Waals surface area (Å²) in [5.74, 6) is 0.209. The van der Waals surface area contributed by atoms with Gasteiger partial charge in [0.05, 0.1) is 0 Å². The van der Waals surface area contributed by atoms with Crippen LogP contribution in [0.1, 0.15) is 39.0 Å². The zero-order valence-electron chi connectivity index (χ0n) is 9.46. The van der Waals surface area contributed by atoms with Crippen LogP contribution in [-0.4, -0.2) is 30.0 Å². The minimum absolute atomic E-state index is 0.209. The maximum absolute atomic E-state index is 8.74. The largest absolute Gasteiger partial charge is 0.394 e. The summed E-state index contributed by atoms with van der Waals surface area (Å²) in [6.45, 7) is 2.99. The van der Waals surface area contributed by atoms with E-state index in [0.717, 1.165) is 13.0 Å². The number of nitrogens with zero attached hydrogens (tertiary/aromatic N) is 1. The molecule has 0 aromatic heterocycles. The van der Waals surface area contributed by atoms with Crippen LogP contribution in [0.15, 0.2) is 4.99 Å². The molecule has 0 heterocycles. The van der Waals surface area contributed by atoms with Crippen LogP contribution < -0.4 is 11.5 Å². The van der Waals surface area contributed by atoms with Gasteiger partial charge < -0.3 is 11.5 Å². The summed E-state index contributed by atoms with van der Waals surface area (Å²) >= 11 is 0. The molecule has 0 radical (unpaired) electrons. The Morgan fingerprint density at radius 2 is 1.56 bits per heavy atom. The Morgan fingerprint density at radius 3 is 1.94 bits per heavy atom. The average Bonchev–Trinajstić information content (AvgIpc) is 2.08. The molecule has 0 rings (SSSR count). The SMILES string of the molecule is CCCCCCCN=C(N)N.O=S(=O)(O)O. The number of guanidine groups is 1. The Balaban J connectivity index is 0. The van der Waals surface area contributed by atoms with Gasteiger partial charge in [0, 0.05) is 6.54 Å². The van der Waals surface area contributed by atoms with Crippen molar-refractivity contribution in [2.24, 2.45) is 16.5 Å². The first kappa shape index (κ1) is 17.5. The van der Waals surface area contributed by atoms with Gasteiger partial charge in [-0.1, -0.05) is 32.6 Å². The highest BCUT2D eigenvalue weighted by atomic mass is 32.3. The van der Waals surface area contributed by atoms with Gasteiger partial charge in [-0.15, -0.1) is 0 Å². The van der Waals surface area contributed by atoms with E-state index in [-0.39, 0.29) is 5.96 Å². The predicted octanol–water partition coefficient (Wildman–Crippen LogP) is 0.577. The molecular weight excluding hydrogens is 234 g/mol. The number of hydrogen-bond acceptors (Lipinski definition) is 3. The number of nitrogens with two attached hydrogens (primary N) is 2. The van der Waals surface area contributed by atoms with E-state index >= 15 is 0 Å². The average molecular weight is 255 g/mol. The second kappa shape index (κ2) is 10.7. The summed E-state index contributed by atoms with van der Waals surface area (Å²) in [5.41, 5.74) is 10.3. The summed E-state index contributed by atoms with van der Waals surface area (Å²) in [7, 11) is -4.67. The molecule has 0 aliphatic carbocycles. The standard InChI is InChI=1S/C8H19N3.H2O4S/c1-2-3-4-5-6-7-11-8(9)10;1-5(2,3)4/h2-7H2,1H3,(H4,9,10,11);(H2,1,2,3,4). The second-order valence-electron chi connectivity index (χ2n) is 3.17. The second-order valence-corrected chi connectivity index (χ2v) is 4.06. The fourth-order valence-electron chi connectivity index (χ4n) is 0.924. The van der Waals surface area contributed by atoms with Crippen molar-refractivity contribution in [3.63, 3.8) is 0 Å². The van der Waals surface area contributed by atoms with E-state index in [9.17, 15) is 0 Å². The third kappa shape index (κ3) is 38.0. The summed E-state index contributed by atoms with van der Waals surface area (Å²) in [6, 6.07) is 0. The fourth-order valence-corrected chi connectivity index (χ4v) is 0.924. The summed E-state index contributed by atoms with van der Waals surface area (Å²) in [4.78, 5) is 3.89. The Labute approximate surface area is 96.5 Å². The molecule has 0 unspecified atom stereocenters. The van der Waals surface area contributed by atoms with Gasteiger partial charge in [-0.3, -0.25) is 14.1 Å². The van der Waals surface area contributed by atoms with Crippen LogP contribution in [0.4, 0.5) is 0 Å². The van der Waals surface area contributed by atoms with Crippen LogP contribution in [0.5, 0.6) is 0 Å². The van der Waals surface area contributed by atoms with E-state index in [4.69, 9.17) is 29.0 Å². The lowest BCUT2D eigenvalue weighted by atomic mass is 10.2. The first-order valence-electron chi connectivity index (χ1n) is 5.02. The highest BCUT2D eigenvalue weighted by molar-refractivity contribution is 7.79. The molecular formula is C8H21N3O4S. The van der Waals surface area contributed by atoms with Crippen LogP contribution in [-0.2, 0) is 10.4 Å². The molecule has 0 saturated carbocycles. The molecule has 98 valence electrons. The summed E-state index contributed by atoms with van der Waals surface area (Å²) in [6.07, 6.45) is 6.25. The first-order valence-corrected chi connectivity index (χ1v) is 6.42. The minimum Gasteiger partial charge on any atom is -0.370 e. The highest BCUT2D eigenvalue weighted by Crippen LogP contribution is 2.01. The van der Waals surface area contributed by atoms with Gasteiger partial charge in [0.25, 0.3) is 0 Å².